The molecule has 0 N–H and O–H groups in total. The molecule has 19 heavy (non-hydrogen) atoms. The van der Waals surface area contributed by atoms with Gasteiger partial charge in [0.05, 0.1) is 0 Å². The molecule has 0 bridgehead atoms. The van der Waals surface area contributed by atoms with Gasteiger partial charge in [0.25, 0.3) is 5.91 Å². The second-order valence-corrected chi connectivity index (χ2v) is 4.34. The SMILES string of the molecule is C=C(C)CN(CC)C(=O)COc1ccc(C=O)cc1. The van der Waals surface area contributed by atoms with Crippen LogP contribution >= 0.6 is 0 Å². The van der Waals surface area contributed by atoms with Gasteiger partial charge in [0.15, 0.2) is 6.61 Å². The predicted octanol–water partition coefficient (Wildman–Crippen LogP) is 2.30. The van der Waals surface area contributed by atoms with Crippen LogP contribution in [-0.4, -0.2) is 36.8 Å². The van der Waals surface area contributed by atoms with Crippen molar-refractivity contribution in [2.75, 3.05) is 19.7 Å². The Hall–Kier alpha value is -2.10. The molecule has 0 aromatic heterocycles. The van der Waals surface area contributed by atoms with E-state index in [2.05, 4.69) is 6.58 Å². The number of aldehydes is 1. The number of nitrogens with zero attached hydrogens (tertiary/aromatic N) is 1. The molecule has 0 aliphatic heterocycles. The number of amides is 1. The quantitative estimate of drug-likeness (QED) is 0.559. The largest absolute Gasteiger partial charge is 0.484 e. The third-order valence-corrected chi connectivity index (χ3v) is 2.57. The van der Waals surface area contributed by atoms with Crippen LogP contribution in [0.3, 0.4) is 0 Å². The minimum atomic E-state index is -0.0787. The molecule has 0 heterocycles. The Morgan fingerprint density at radius 2 is 2.00 bits per heavy atom. The molecular formula is C15H19NO3. The molecule has 0 saturated heterocycles. The van der Waals surface area contributed by atoms with Gasteiger partial charge >= 0.3 is 0 Å². The van der Waals surface area contributed by atoms with Crippen molar-refractivity contribution in [3.05, 3.63) is 42.0 Å². The molecule has 0 spiro atoms. The summed E-state index contributed by atoms with van der Waals surface area (Å²) in [6.45, 7) is 8.75. The molecule has 1 rings (SSSR count). The monoisotopic (exact) mass is 261 g/mol. The number of rotatable bonds is 7. The van der Waals surface area contributed by atoms with Gasteiger partial charge in [-0.3, -0.25) is 9.59 Å². The number of likely N-dealkylation sites (N-methyl/N-ethyl adjacent to an activating group) is 1. The molecule has 4 nitrogen and oxygen atoms in total. The standard InChI is InChI=1S/C15H19NO3/c1-4-16(9-12(2)3)15(18)11-19-14-7-5-13(10-17)6-8-14/h5-8,10H,2,4,9,11H2,1,3H3. The number of carbonyl (C=O) groups excluding carboxylic acids is 2. The molecule has 0 aliphatic carbocycles. The van der Waals surface area contributed by atoms with Crippen molar-refractivity contribution in [1.29, 1.82) is 0 Å². The highest BCUT2D eigenvalue weighted by molar-refractivity contribution is 5.78. The molecule has 1 amide bonds. The minimum absolute atomic E-state index is 0.0123. The average Bonchev–Trinajstić information content (AvgIpc) is 2.42. The van der Waals surface area contributed by atoms with E-state index in [0.29, 0.717) is 24.4 Å². The predicted molar refractivity (Wildman–Crippen MR) is 74.4 cm³/mol. The summed E-state index contributed by atoms with van der Waals surface area (Å²) in [5.74, 6) is 0.496. The van der Waals surface area contributed by atoms with Gasteiger partial charge < -0.3 is 9.64 Å². The first kappa shape index (κ1) is 15.0. The Kier molecular flexibility index (Phi) is 5.79. The highest BCUT2D eigenvalue weighted by Gasteiger charge is 2.12. The van der Waals surface area contributed by atoms with Crippen molar-refractivity contribution in [2.24, 2.45) is 0 Å². The first-order valence-electron chi connectivity index (χ1n) is 6.17. The molecule has 1 aromatic rings. The van der Waals surface area contributed by atoms with Crippen molar-refractivity contribution < 1.29 is 14.3 Å². The summed E-state index contributed by atoms with van der Waals surface area (Å²) in [6, 6.07) is 6.65. The Morgan fingerprint density at radius 3 is 2.47 bits per heavy atom. The van der Waals surface area contributed by atoms with Crippen LogP contribution in [0.2, 0.25) is 0 Å². The zero-order valence-electron chi connectivity index (χ0n) is 11.4. The lowest BCUT2D eigenvalue weighted by atomic mass is 10.2. The van der Waals surface area contributed by atoms with Crippen LogP contribution in [0.5, 0.6) is 5.75 Å². The topological polar surface area (TPSA) is 46.6 Å². The van der Waals surface area contributed by atoms with E-state index >= 15 is 0 Å². The smallest absolute Gasteiger partial charge is 0.260 e. The first-order chi connectivity index (χ1) is 9.06. The van der Waals surface area contributed by atoms with Gasteiger partial charge in [-0.25, -0.2) is 0 Å². The van der Waals surface area contributed by atoms with Crippen LogP contribution in [0.15, 0.2) is 36.4 Å². The third kappa shape index (κ3) is 4.95. The molecule has 0 aliphatic rings. The number of ether oxygens (including phenoxy) is 1. The van der Waals surface area contributed by atoms with Crippen molar-refractivity contribution in [3.63, 3.8) is 0 Å². The molecule has 1 aromatic carbocycles. The van der Waals surface area contributed by atoms with Gasteiger partial charge in [-0.2, -0.15) is 0 Å². The summed E-state index contributed by atoms with van der Waals surface area (Å²) in [5.41, 5.74) is 1.52. The second-order valence-electron chi connectivity index (χ2n) is 4.34. The lowest BCUT2D eigenvalue weighted by Gasteiger charge is -2.21. The van der Waals surface area contributed by atoms with Crippen LogP contribution < -0.4 is 4.74 Å². The third-order valence-electron chi connectivity index (χ3n) is 2.57. The molecule has 102 valence electrons. The zero-order chi connectivity index (χ0) is 14.3. The maximum atomic E-state index is 11.9. The van der Waals surface area contributed by atoms with Gasteiger partial charge in [0.1, 0.15) is 12.0 Å². The van der Waals surface area contributed by atoms with E-state index in [0.717, 1.165) is 11.9 Å². The van der Waals surface area contributed by atoms with Crippen LogP contribution in [0, 0.1) is 0 Å². The normalized spacial score (nSPS) is 9.79. The van der Waals surface area contributed by atoms with E-state index in [1.165, 1.54) is 0 Å². The maximum Gasteiger partial charge on any atom is 0.260 e. The fourth-order valence-corrected chi connectivity index (χ4v) is 1.58. The molecule has 0 unspecified atom stereocenters. The summed E-state index contributed by atoms with van der Waals surface area (Å²) in [6.07, 6.45) is 0.764. The minimum Gasteiger partial charge on any atom is -0.484 e. The fourth-order valence-electron chi connectivity index (χ4n) is 1.58. The Bertz CT molecular complexity index is 451. The summed E-state index contributed by atoms with van der Waals surface area (Å²) in [7, 11) is 0. The van der Waals surface area contributed by atoms with Crippen LogP contribution in [-0.2, 0) is 4.79 Å². The summed E-state index contributed by atoms with van der Waals surface area (Å²) >= 11 is 0. The van der Waals surface area contributed by atoms with Crippen LogP contribution in [0.25, 0.3) is 0 Å². The van der Waals surface area contributed by atoms with Gasteiger partial charge in [-0.15, -0.1) is 0 Å². The number of benzene rings is 1. The Morgan fingerprint density at radius 1 is 1.37 bits per heavy atom. The van der Waals surface area contributed by atoms with Gasteiger partial charge in [-0.05, 0) is 38.1 Å². The summed E-state index contributed by atoms with van der Waals surface area (Å²) in [5, 5.41) is 0. The Labute approximate surface area is 113 Å². The van der Waals surface area contributed by atoms with Gasteiger partial charge in [0.2, 0.25) is 0 Å². The van der Waals surface area contributed by atoms with Crippen molar-refractivity contribution in [2.45, 2.75) is 13.8 Å². The van der Waals surface area contributed by atoms with Crippen molar-refractivity contribution in [3.8, 4) is 5.75 Å². The fraction of sp³-hybridized carbons (Fsp3) is 0.333. The lowest BCUT2D eigenvalue weighted by Crippen LogP contribution is -2.35. The lowest BCUT2D eigenvalue weighted by molar-refractivity contribution is -0.132. The molecule has 0 fully saturated rings. The molecule has 0 saturated carbocycles. The van der Waals surface area contributed by atoms with Gasteiger partial charge in [0, 0.05) is 18.7 Å². The van der Waals surface area contributed by atoms with E-state index in [-0.39, 0.29) is 12.5 Å². The summed E-state index contributed by atoms with van der Waals surface area (Å²) in [4.78, 5) is 24.1. The number of hydrogen-bond donors (Lipinski definition) is 0. The van der Waals surface area contributed by atoms with Crippen LogP contribution in [0.1, 0.15) is 24.2 Å². The average molecular weight is 261 g/mol. The number of hydrogen-bond acceptors (Lipinski definition) is 3. The van der Waals surface area contributed by atoms with E-state index < -0.39 is 0 Å². The molecular weight excluding hydrogens is 242 g/mol. The highest BCUT2D eigenvalue weighted by Crippen LogP contribution is 2.11. The molecule has 0 radical (unpaired) electrons. The Balaban J connectivity index is 2.52. The molecule has 4 heteroatoms. The zero-order valence-corrected chi connectivity index (χ0v) is 11.4. The molecule has 0 atom stereocenters. The van der Waals surface area contributed by atoms with Crippen molar-refractivity contribution in [1.82, 2.24) is 4.90 Å². The summed E-state index contributed by atoms with van der Waals surface area (Å²) < 4.78 is 5.39. The van der Waals surface area contributed by atoms with E-state index in [4.69, 9.17) is 4.74 Å². The van der Waals surface area contributed by atoms with E-state index in [9.17, 15) is 9.59 Å². The highest BCUT2D eigenvalue weighted by atomic mass is 16.5. The van der Waals surface area contributed by atoms with E-state index in [1.807, 2.05) is 13.8 Å². The van der Waals surface area contributed by atoms with E-state index in [1.54, 1.807) is 29.2 Å². The second kappa shape index (κ2) is 7.36. The first-order valence-corrected chi connectivity index (χ1v) is 6.17. The maximum absolute atomic E-state index is 11.9. The van der Waals surface area contributed by atoms with Crippen LogP contribution in [0.4, 0.5) is 0 Å². The van der Waals surface area contributed by atoms with Crippen molar-refractivity contribution >= 4 is 12.2 Å². The van der Waals surface area contributed by atoms with Gasteiger partial charge in [-0.1, -0.05) is 12.2 Å². The number of carbonyl (C=O) groups is 2.